The van der Waals surface area contributed by atoms with Crippen LogP contribution in [0.4, 0.5) is 0 Å². The van der Waals surface area contributed by atoms with Gasteiger partial charge in [-0.15, -0.1) is 0 Å². The summed E-state index contributed by atoms with van der Waals surface area (Å²) in [5, 5.41) is 0. The molecule has 0 aromatic rings. The van der Waals surface area contributed by atoms with Gasteiger partial charge in [0, 0.05) is 26.4 Å². The van der Waals surface area contributed by atoms with Gasteiger partial charge in [-0.25, -0.2) is 0 Å². The molecule has 0 amide bonds. The lowest BCUT2D eigenvalue weighted by Gasteiger charge is -2.28. The van der Waals surface area contributed by atoms with Crippen LogP contribution in [0, 0.1) is 0 Å². The Morgan fingerprint density at radius 3 is 1.21 bits per heavy atom. The summed E-state index contributed by atoms with van der Waals surface area (Å²) in [6.45, 7) is 11.0. The lowest BCUT2D eigenvalue weighted by Crippen LogP contribution is -2.50. The summed E-state index contributed by atoms with van der Waals surface area (Å²) in [5.74, 6) is 0. The number of rotatable bonds is 14. The van der Waals surface area contributed by atoms with Crippen molar-refractivity contribution in [2.45, 2.75) is 66.2 Å². The summed E-state index contributed by atoms with van der Waals surface area (Å²) >= 11 is 0. The van der Waals surface area contributed by atoms with Gasteiger partial charge in [0.2, 0.25) is 0 Å². The highest BCUT2D eigenvalue weighted by Crippen LogP contribution is 2.15. The van der Waals surface area contributed by atoms with Crippen molar-refractivity contribution >= 4 is 9.05 Å². The zero-order valence-corrected chi connectivity index (χ0v) is 14.2. The summed E-state index contributed by atoms with van der Waals surface area (Å²) in [5.41, 5.74) is 0. The first-order valence-electron chi connectivity index (χ1n) is 7.80. The molecule has 0 saturated carbocycles. The second-order valence-corrected chi connectivity index (χ2v) is 6.76. The highest BCUT2D eigenvalue weighted by atomic mass is 28.4. The van der Waals surface area contributed by atoms with Crippen molar-refractivity contribution in [1.82, 2.24) is 0 Å². The lowest BCUT2D eigenvalue weighted by atomic mass is 10.4. The molecule has 0 bridgehead atoms. The predicted octanol–water partition coefficient (Wildman–Crippen LogP) is 3.91. The number of hydrogen-bond acceptors (Lipinski definition) is 4. The monoisotopic (exact) mass is 292 g/mol. The molecule has 0 unspecified atom stereocenters. The van der Waals surface area contributed by atoms with Crippen LogP contribution in [0.15, 0.2) is 0 Å². The molecule has 0 aliphatic carbocycles. The molecule has 0 aromatic heterocycles. The Kier molecular flexibility index (Phi) is 13.1. The summed E-state index contributed by atoms with van der Waals surface area (Å²) in [6.07, 6.45) is 6.10. The van der Waals surface area contributed by atoms with E-state index in [0.717, 1.165) is 38.5 Å². The van der Waals surface area contributed by atoms with Gasteiger partial charge in [-0.05, 0) is 25.7 Å². The van der Waals surface area contributed by atoms with Crippen molar-refractivity contribution in [3.8, 4) is 0 Å². The number of unbranched alkanes of at least 4 members (excludes halogenated alkanes) is 2. The first-order valence-corrected chi connectivity index (χ1v) is 9.43. The van der Waals surface area contributed by atoms with Gasteiger partial charge in [0.15, 0.2) is 0 Å². The smallest absolute Gasteiger partial charge is 0.351 e. The maximum Gasteiger partial charge on any atom is 0.679 e. The third-order valence-corrected chi connectivity index (χ3v) is 4.75. The van der Waals surface area contributed by atoms with Gasteiger partial charge >= 0.3 is 9.05 Å². The van der Waals surface area contributed by atoms with Crippen LogP contribution in [0.25, 0.3) is 0 Å². The molecular formula is C14H32O4Si. The summed E-state index contributed by atoms with van der Waals surface area (Å²) in [4.78, 5) is 0. The number of hydrogen-bond donors (Lipinski definition) is 0. The molecule has 116 valence electrons. The average Bonchev–Trinajstić information content (AvgIpc) is 2.43. The Morgan fingerprint density at radius 1 is 0.526 bits per heavy atom. The van der Waals surface area contributed by atoms with Crippen LogP contribution in [-0.2, 0) is 17.7 Å². The Hall–Kier alpha value is 0.0569. The fraction of sp³-hybridized carbons (Fsp3) is 1.00. The van der Waals surface area contributed by atoms with Crippen LogP contribution >= 0.6 is 0 Å². The molecule has 0 aromatic carbocycles. The molecule has 0 saturated heterocycles. The van der Waals surface area contributed by atoms with Gasteiger partial charge in [0.1, 0.15) is 0 Å². The maximum absolute atomic E-state index is 5.89. The van der Waals surface area contributed by atoms with Crippen LogP contribution in [0.3, 0.4) is 0 Å². The van der Waals surface area contributed by atoms with Crippen LogP contribution < -0.4 is 0 Å². The predicted molar refractivity (Wildman–Crippen MR) is 80.0 cm³/mol. The highest BCUT2D eigenvalue weighted by molar-refractivity contribution is 6.53. The van der Waals surface area contributed by atoms with Gasteiger partial charge in [0.25, 0.3) is 0 Å². The summed E-state index contributed by atoms with van der Waals surface area (Å²) < 4.78 is 23.5. The topological polar surface area (TPSA) is 36.9 Å². The molecule has 5 heteroatoms. The van der Waals surface area contributed by atoms with Crippen LogP contribution in [0.2, 0.25) is 0 Å². The molecule has 4 nitrogen and oxygen atoms in total. The Balaban J connectivity index is 4.44. The van der Waals surface area contributed by atoms with E-state index in [1.807, 2.05) is 0 Å². The molecular weight excluding hydrogens is 260 g/mol. The molecule has 0 atom stereocenters. The normalized spacial score (nSPS) is 12.0. The zero-order valence-electron chi connectivity index (χ0n) is 13.2. The van der Waals surface area contributed by atoms with Crippen LogP contribution in [0.5, 0.6) is 0 Å². The second kappa shape index (κ2) is 13.1. The lowest BCUT2D eigenvalue weighted by molar-refractivity contribution is -0.0357. The first-order chi connectivity index (χ1) is 9.24. The second-order valence-electron chi connectivity index (χ2n) is 4.60. The summed E-state index contributed by atoms with van der Waals surface area (Å²) in [7, 11) is -2.91. The maximum atomic E-state index is 5.89. The molecule has 0 heterocycles. The third-order valence-electron chi connectivity index (χ3n) is 2.52. The van der Waals surface area contributed by atoms with E-state index < -0.39 is 9.05 Å². The first kappa shape index (κ1) is 19.1. The van der Waals surface area contributed by atoms with E-state index in [9.17, 15) is 0 Å². The van der Waals surface area contributed by atoms with Crippen LogP contribution in [0.1, 0.15) is 66.2 Å². The minimum Gasteiger partial charge on any atom is -0.351 e. The van der Waals surface area contributed by atoms with E-state index in [1.54, 1.807) is 0 Å². The van der Waals surface area contributed by atoms with Crippen molar-refractivity contribution < 1.29 is 17.7 Å². The largest absolute Gasteiger partial charge is 0.679 e. The fourth-order valence-corrected chi connectivity index (χ4v) is 3.58. The minimum atomic E-state index is -2.91. The van der Waals surface area contributed by atoms with E-state index in [1.165, 1.54) is 0 Å². The van der Waals surface area contributed by atoms with Crippen molar-refractivity contribution in [3.05, 3.63) is 0 Å². The molecule has 0 N–H and O–H groups in total. The zero-order chi connectivity index (χ0) is 14.4. The highest BCUT2D eigenvalue weighted by Gasteiger charge is 2.45. The standard InChI is InChI=1S/C14H32O4Si/c1-5-9-13-17-19(15-11-7-3,16-12-8-4)18-14-10-6-2/h5-14H2,1-4H3. The van der Waals surface area contributed by atoms with Crippen molar-refractivity contribution in [3.63, 3.8) is 0 Å². The molecule has 19 heavy (non-hydrogen) atoms. The molecule has 0 spiro atoms. The minimum absolute atomic E-state index is 0.633. The van der Waals surface area contributed by atoms with Gasteiger partial charge < -0.3 is 17.7 Å². The van der Waals surface area contributed by atoms with Crippen molar-refractivity contribution in [2.24, 2.45) is 0 Å². The average molecular weight is 292 g/mol. The van der Waals surface area contributed by atoms with E-state index >= 15 is 0 Å². The van der Waals surface area contributed by atoms with E-state index in [-0.39, 0.29) is 0 Å². The van der Waals surface area contributed by atoms with E-state index in [2.05, 4.69) is 27.7 Å². The molecule has 0 rings (SSSR count). The van der Waals surface area contributed by atoms with Gasteiger partial charge in [0.05, 0.1) is 0 Å². The van der Waals surface area contributed by atoms with E-state index in [4.69, 9.17) is 17.7 Å². The third kappa shape index (κ3) is 9.57. The molecule has 0 aliphatic heterocycles. The van der Waals surface area contributed by atoms with Gasteiger partial charge in [-0.3, -0.25) is 0 Å². The van der Waals surface area contributed by atoms with Crippen LogP contribution in [-0.4, -0.2) is 35.5 Å². The van der Waals surface area contributed by atoms with Gasteiger partial charge in [-0.2, -0.15) is 0 Å². The molecule has 0 aliphatic rings. The summed E-state index contributed by atoms with van der Waals surface area (Å²) in [6, 6.07) is 0. The van der Waals surface area contributed by atoms with Crippen molar-refractivity contribution in [1.29, 1.82) is 0 Å². The molecule has 0 fully saturated rings. The Morgan fingerprint density at radius 2 is 0.895 bits per heavy atom. The fourth-order valence-electron chi connectivity index (χ4n) is 1.39. The molecule has 0 radical (unpaired) electrons. The van der Waals surface area contributed by atoms with E-state index in [0.29, 0.717) is 26.4 Å². The SMILES string of the molecule is CCCCO[Si](OCCC)(OCCC)OCCCC. The van der Waals surface area contributed by atoms with Crippen molar-refractivity contribution in [2.75, 3.05) is 26.4 Å². The quantitative estimate of drug-likeness (QED) is 0.359. The Bertz CT molecular complexity index is 170. The Labute approximate surface area is 120 Å². The van der Waals surface area contributed by atoms with Gasteiger partial charge in [-0.1, -0.05) is 40.5 Å².